The topological polar surface area (TPSA) is 78.5 Å². The van der Waals surface area contributed by atoms with Gasteiger partial charge in [0.25, 0.3) is 11.5 Å². The van der Waals surface area contributed by atoms with Gasteiger partial charge in [-0.25, -0.2) is 9.37 Å². The lowest BCUT2D eigenvalue weighted by molar-refractivity contribution is 0.0663. The molecule has 8 heteroatoms. The normalized spacial score (nSPS) is 20.2. The van der Waals surface area contributed by atoms with E-state index < -0.39 is 0 Å². The molecule has 1 spiro atoms. The predicted octanol–water partition coefficient (Wildman–Crippen LogP) is 2.17. The van der Waals surface area contributed by atoms with Gasteiger partial charge in [-0.3, -0.25) is 14.6 Å². The van der Waals surface area contributed by atoms with E-state index in [2.05, 4.69) is 9.88 Å². The van der Waals surface area contributed by atoms with Crippen molar-refractivity contribution in [3.05, 3.63) is 56.8 Å². The van der Waals surface area contributed by atoms with Crippen LogP contribution in [0.25, 0.3) is 0 Å². The van der Waals surface area contributed by atoms with Crippen LogP contribution in [0.4, 0.5) is 10.3 Å². The summed E-state index contributed by atoms with van der Waals surface area (Å²) in [4.78, 5) is 37.5. The average molecular weight is 426 g/mol. The summed E-state index contributed by atoms with van der Waals surface area (Å²) >= 11 is 0. The lowest BCUT2D eigenvalue weighted by atomic mass is 9.76. The molecule has 7 nitrogen and oxygen atoms in total. The number of halogens is 1. The molecule has 1 aliphatic carbocycles. The van der Waals surface area contributed by atoms with Crippen molar-refractivity contribution >= 4 is 11.9 Å². The Kier molecular flexibility index (Phi) is 5.04. The fourth-order valence-corrected chi connectivity index (χ4v) is 5.15. The quantitative estimate of drug-likeness (QED) is 0.796. The molecule has 31 heavy (non-hydrogen) atoms. The molecule has 0 unspecified atom stereocenters. The predicted molar refractivity (Wildman–Crippen MR) is 114 cm³/mol. The van der Waals surface area contributed by atoms with Crippen LogP contribution >= 0.6 is 0 Å². The number of benzene rings is 1. The SMILES string of the molecule is Cc1cc(C(=O)N2CCC3(CCc4c3nc(N3CCOCC3)[nH]c4=O)CC2)ccc1F. The third-order valence-corrected chi connectivity index (χ3v) is 7.08. The molecule has 0 radical (unpaired) electrons. The average Bonchev–Trinajstić information content (AvgIpc) is 3.15. The number of aromatic amines is 1. The van der Waals surface area contributed by atoms with Crippen molar-refractivity contribution < 1.29 is 13.9 Å². The summed E-state index contributed by atoms with van der Waals surface area (Å²) in [6.45, 7) is 5.58. The molecule has 2 aromatic rings. The fourth-order valence-electron chi connectivity index (χ4n) is 5.15. The van der Waals surface area contributed by atoms with Crippen LogP contribution in [0.3, 0.4) is 0 Å². The van der Waals surface area contributed by atoms with E-state index in [4.69, 9.17) is 9.72 Å². The highest BCUT2D eigenvalue weighted by Gasteiger charge is 2.45. The standard InChI is InChI=1S/C23H27FN4O3/c1-15-14-16(2-3-18(15)24)21(30)27-8-6-23(7-9-27)5-4-17-19(23)25-22(26-20(17)29)28-10-12-31-13-11-28/h2-3,14H,4-13H2,1H3,(H,25,26,29). The van der Waals surface area contributed by atoms with E-state index in [1.165, 1.54) is 6.07 Å². The first-order valence-electron chi connectivity index (χ1n) is 11.0. The number of morpholine rings is 1. The largest absolute Gasteiger partial charge is 0.378 e. The first-order valence-corrected chi connectivity index (χ1v) is 11.0. The molecule has 3 aliphatic rings. The molecule has 164 valence electrons. The Morgan fingerprint density at radius 3 is 2.61 bits per heavy atom. The number of carbonyl (C=O) groups is 1. The number of nitrogens with zero attached hydrogens (tertiary/aromatic N) is 3. The van der Waals surface area contributed by atoms with E-state index in [0.29, 0.717) is 56.5 Å². The van der Waals surface area contributed by atoms with Gasteiger partial charge in [0, 0.05) is 42.7 Å². The number of rotatable bonds is 2. The minimum atomic E-state index is -0.302. The van der Waals surface area contributed by atoms with Gasteiger partial charge < -0.3 is 14.5 Å². The number of hydrogen-bond acceptors (Lipinski definition) is 5. The number of fused-ring (bicyclic) bond motifs is 2. The number of amides is 1. The van der Waals surface area contributed by atoms with Crippen molar-refractivity contribution in [2.24, 2.45) is 0 Å². The number of hydrogen-bond donors (Lipinski definition) is 1. The summed E-state index contributed by atoms with van der Waals surface area (Å²) in [5.74, 6) is 0.266. The zero-order valence-corrected chi connectivity index (χ0v) is 17.7. The van der Waals surface area contributed by atoms with Crippen molar-refractivity contribution in [1.29, 1.82) is 0 Å². The minimum Gasteiger partial charge on any atom is -0.378 e. The van der Waals surface area contributed by atoms with Crippen molar-refractivity contribution in [2.45, 2.75) is 38.0 Å². The van der Waals surface area contributed by atoms with Crippen molar-refractivity contribution in [1.82, 2.24) is 14.9 Å². The second kappa shape index (κ2) is 7.75. The van der Waals surface area contributed by atoms with Crippen LogP contribution in [-0.4, -0.2) is 60.2 Å². The van der Waals surface area contributed by atoms with Crippen molar-refractivity contribution in [3.8, 4) is 0 Å². The maximum atomic E-state index is 13.6. The summed E-state index contributed by atoms with van der Waals surface area (Å²) in [5.41, 5.74) is 2.52. The summed E-state index contributed by atoms with van der Waals surface area (Å²) in [6.07, 6.45) is 3.19. The van der Waals surface area contributed by atoms with E-state index in [1.54, 1.807) is 19.1 Å². The number of nitrogens with one attached hydrogen (secondary N) is 1. The summed E-state index contributed by atoms with van der Waals surface area (Å²) in [5, 5.41) is 0. The number of aryl methyl sites for hydroxylation is 1. The molecule has 2 saturated heterocycles. The number of anilines is 1. The van der Waals surface area contributed by atoms with Gasteiger partial charge in [0.1, 0.15) is 5.82 Å². The Bertz CT molecular complexity index is 1070. The number of aromatic nitrogens is 2. The molecule has 5 rings (SSSR count). The van der Waals surface area contributed by atoms with Gasteiger partial charge in [-0.05, 0) is 56.4 Å². The van der Waals surface area contributed by atoms with Crippen LogP contribution in [0.1, 0.15) is 46.4 Å². The van der Waals surface area contributed by atoms with Crippen LogP contribution in [0.15, 0.2) is 23.0 Å². The van der Waals surface area contributed by atoms with E-state index in [9.17, 15) is 14.0 Å². The van der Waals surface area contributed by atoms with E-state index in [-0.39, 0.29) is 22.7 Å². The van der Waals surface area contributed by atoms with Crippen molar-refractivity contribution in [2.75, 3.05) is 44.3 Å². The number of piperidine rings is 1. The smallest absolute Gasteiger partial charge is 0.255 e. The van der Waals surface area contributed by atoms with Crippen molar-refractivity contribution in [3.63, 3.8) is 0 Å². The lowest BCUT2D eigenvalue weighted by Gasteiger charge is -2.39. The third-order valence-electron chi connectivity index (χ3n) is 7.08. The zero-order chi connectivity index (χ0) is 21.6. The van der Waals surface area contributed by atoms with E-state index >= 15 is 0 Å². The first kappa shape index (κ1) is 20.2. The second-order valence-electron chi connectivity index (χ2n) is 8.85. The van der Waals surface area contributed by atoms with Gasteiger partial charge in [0.2, 0.25) is 5.95 Å². The Hall–Kier alpha value is -2.74. The van der Waals surface area contributed by atoms with Gasteiger partial charge in [-0.15, -0.1) is 0 Å². The van der Waals surface area contributed by atoms with Crippen LogP contribution < -0.4 is 10.5 Å². The van der Waals surface area contributed by atoms with Crippen LogP contribution in [0, 0.1) is 12.7 Å². The molecule has 2 fully saturated rings. The van der Waals surface area contributed by atoms with Gasteiger partial charge in [0.05, 0.1) is 18.9 Å². The molecule has 0 saturated carbocycles. The molecular formula is C23H27FN4O3. The van der Waals surface area contributed by atoms with Crippen LogP contribution in [0.5, 0.6) is 0 Å². The zero-order valence-electron chi connectivity index (χ0n) is 17.7. The van der Waals surface area contributed by atoms with Gasteiger partial charge in [-0.1, -0.05) is 0 Å². The van der Waals surface area contributed by atoms with E-state index in [0.717, 1.165) is 36.9 Å². The lowest BCUT2D eigenvalue weighted by Crippen LogP contribution is -2.45. The highest BCUT2D eigenvalue weighted by molar-refractivity contribution is 5.94. The Labute approximate surface area is 180 Å². The Balaban J connectivity index is 1.36. The number of likely N-dealkylation sites (tertiary alicyclic amines) is 1. The van der Waals surface area contributed by atoms with Crippen LogP contribution in [0.2, 0.25) is 0 Å². The maximum Gasteiger partial charge on any atom is 0.255 e. The highest BCUT2D eigenvalue weighted by atomic mass is 19.1. The number of carbonyl (C=O) groups excluding carboxylic acids is 1. The molecule has 2 aliphatic heterocycles. The van der Waals surface area contributed by atoms with Crippen LogP contribution in [-0.2, 0) is 16.6 Å². The molecule has 0 atom stereocenters. The molecule has 1 amide bonds. The summed E-state index contributed by atoms with van der Waals surface area (Å²) in [7, 11) is 0. The summed E-state index contributed by atoms with van der Waals surface area (Å²) in [6, 6.07) is 4.52. The number of ether oxygens (including phenoxy) is 1. The Morgan fingerprint density at radius 2 is 1.90 bits per heavy atom. The molecule has 0 bridgehead atoms. The van der Waals surface area contributed by atoms with Gasteiger partial charge in [0.15, 0.2) is 0 Å². The van der Waals surface area contributed by atoms with Gasteiger partial charge >= 0.3 is 0 Å². The minimum absolute atomic E-state index is 0.0383. The first-order chi connectivity index (χ1) is 15.0. The highest BCUT2D eigenvalue weighted by Crippen LogP contribution is 2.44. The monoisotopic (exact) mass is 426 g/mol. The summed E-state index contributed by atoms with van der Waals surface area (Å²) < 4.78 is 19.0. The second-order valence-corrected chi connectivity index (χ2v) is 8.85. The maximum absolute atomic E-state index is 13.6. The number of H-pyrrole nitrogens is 1. The van der Waals surface area contributed by atoms with Gasteiger partial charge in [-0.2, -0.15) is 0 Å². The third kappa shape index (κ3) is 3.52. The fraction of sp³-hybridized carbons (Fsp3) is 0.522. The Morgan fingerprint density at radius 1 is 1.16 bits per heavy atom. The molecule has 1 N–H and O–H groups in total. The molecule has 3 heterocycles. The molecule has 1 aromatic carbocycles. The van der Waals surface area contributed by atoms with E-state index in [1.807, 2.05) is 4.90 Å². The molecular weight excluding hydrogens is 399 g/mol. The molecule has 1 aromatic heterocycles.